The highest BCUT2D eigenvalue weighted by Crippen LogP contribution is 2.31. The Labute approximate surface area is 128 Å². The lowest BCUT2D eigenvalue weighted by molar-refractivity contribution is 0.0974. The molecule has 0 bridgehead atoms. The van der Waals surface area contributed by atoms with Gasteiger partial charge >= 0.3 is 0 Å². The number of nitrogens with one attached hydrogen (secondary N) is 1. The molecule has 1 fully saturated rings. The number of likely N-dealkylation sites (tertiary alicyclic amines) is 1. The fraction of sp³-hybridized carbons (Fsp3) is 0.667. The van der Waals surface area contributed by atoms with Gasteiger partial charge in [-0.1, -0.05) is 39.0 Å². The van der Waals surface area contributed by atoms with E-state index in [9.17, 15) is 4.39 Å². The predicted octanol–water partition coefficient (Wildman–Crippen LogP) is 3.84. The fourth-order valence-electron chi connectivity index (χ4n) is 3.69. The molecule has 21 heavy (non-hydrogen) atoms. The first-order valence-electron chi connectivity index (χ1n) is 8.07. The third-order valence-electron chi connectivity index (χ3n) is 4.65. The molecule has 0 aromatic heterocycles. The molecule has 1 N–H and O–H groups in total. The third-order valence-corrected chi connectivity index (χ3v) is 4.65. The second-order valence-corrected chi connectivity index (χ2v) is 7.27. The minimum absolute atomic E-state index is 0.0660. The number of benzene rings is 1. The smallest absolute Gasteiger partial charge is 0.127 e. The van der Waals surface area contributed by atoms with Gasteiger partial charge in [-0.05, 0) is 43.8 Å². The molecule has 0 amide bonds. The first kappa shape index (κ1) is 16.4. The number of halogens is 1. The molecule has 1 heterocycles. The minimum Gasteiger partial charge on any atom is -0.313 e. The van der Waals surface area contributed by atoms with Crippen molar-refractivity contribution in [1.82, 2.24) is 10.2 Å². The SMILES string of the molecule is CNC(c1ccccc1F)C(C)CN1CCCC(C)(C)C1. The van der Waals surface area contributed by atoms with E-state index < -0.39 is 0 Å². The van der Waals surface area contributed by atoms with Gasteiger partial charge in [-0.2, -0.15) is 0 Å². The van der Waals surface area contributed by atoms with Gasteiger partial charge in [0, 0.05) is 24.7 Å². The molecule has 1 aliphatic rings. The van der Waals surface area contributed by atoms with Crippen molar-refractivity contribution in [2.45, 2.75) is 39.7 Å². The molecule has 2 rings (SSSR count). The lowest BCUT2D eigenvalue weighted by Gasteiger charge is -2.40. The number of piperidine rings is 1. The number of nitrogens with zero attached hydrogens (tertiary/aromatic N) is 1. The van der Waals surface area contributed by atoms with Crippen LogP contribution in [0.5, 0.6) is 0 Å². The zero-order valence-electron chi connectivity index (χ0n) is 13.8. The number of hydrogen-bond acceptors (Lipinski definition) is 2. The summed E-state index contributed by atoms with van der Waals surface area (Å²) in [5.74, 6) is 0.267. The summed E-state index contributed by atoms with van der Waals surface area (Å²) < 4.78 is 14.0. The van der Waals surface area contributed by atoms with E-state index in [-0.39, 0.29) is 11.9 Å². The summed E-state index contributed by atoms with van der Waals surface area (Å²) in [5, 5.41) is 3.30. The van der Waals surface area contributed by atoms with Crippen molar-refractivity contribution < 1.29 is 4.39 Å². The highest BCUT2D eigenvalue weighted by molar-refractivity contribution is 5.21. The first-order valence-corrected chi connectivity index (χ1v) is 8.07. The van der Waals surface area contributed by atoms with Gasteiger partial charge in [-0.3, -0.25) is 0 Å². The maximum atomic E-state index is 14.0. The lowest BCUT2D eigenvalue weighted by atomic mass is 9.83. The van der Waals surface area contributed by atoms with Gasteiger partial charge in [0.1, 0.15) is 5.82 Å². The van der Waals surface area contributed by atoms with Crippen LogP contribution in [-0.4, -0.2) is 31.6 Å². The maximum absolute atomic E-state index is 14.0. The molecule has 1 aromatic carbocycles. The van der Waals surface area contributed by atoms with E-state index in [0.717, 1.165) is 18.7 Å². The summed E-state index contributed by atoms with van der Waals surface area (Å²) in [6, 6.07) is 7.18. The van der Waals surface area contributed by atoms with Crippen LogP contribution in [0.25, 0.3) is 0 Å². The lowest BCUT2D eigenvalue weighted by Crippen LogP contribution is -2.43. The molecule has 2 atom stereocenters. The maximum Gasteiger partial charge on any atom is 0.127 e. The number of rotatable bonds is 5. The Morgan fingerprint density at radius 1 is 1.33 bits per heavy atom. The van der Waals surface area contributed by atoms with E-state index >= 15 is 0 Å². The first-order chi connectivity index (χ1) is 9.93. The molecule has 1 aromatic rings. The zero-order valence-corrected chi connectivity index (χ0v) is 13.8. The van der Waals surface area contributed by atoms with Crippen LogP contribution in [-0.2, 0) is 0 Å². The molecule has 2 nitrogen and oxygen atoms in total. The van der Waals surface area contributed by atoms with Crippen molar-refractivity contribution in [2.24, 2.45) is 11.3 Å². The Morgan fingerprint density at radius 3 is 2.67 bits per heavy atom. The Bertz CT molecular complexity index is 458. The van der Waals surface area contributed by atoms with E-state index in [0.29, 0.717) is 11.3 Å². The van der Waals surface area contributed by atoms with Crippen molar-refractivity contribution >= 4 is 0 Å². The molecule has 0 saturated carbocycles. The van der Waals surface area contributed by atoms with Gasteiger partial charge in [0.2, 0.25) is 0 Å². The van der Waals surface area contributed by atoms with Crippen LogP contribution in [0.2, 0.25) is 0 Å². The second kappa shape index (κ2) is 6.89. The Hall–Kier alpha value is -0.930. The standard InChI is InChI=1S/C18H29FN2/c1-14(12-21-11-7-10-18(2,3)13-21)17(20-4)15-8-5-6-9-16(15)19/h5-6,8-9,14,17,20H,7,10-13H2,1-4H3. The van der Waals surface area contributed by atoms with Crippen molar-refractivity contribution in [3.63, 3.8) is 0 Å². The van der Waals surface area contributed by atoms with Gasteiger partial charge in [0.15, 0.2) is 0 Å². The summed E-state index contributed by atoms with van der Waals surface area (Å²) in [6.45, 7) is 10.2. The monoisotopic (exact) mass is 292 g/mol. The van der Waals surface area contributed by atoms with Gasteiger partial charge in [-0.15, -0.1) is 0 Å². The second-order valence-electron chi connectivity index (χ2n) is 7.27. The molecule has 2 unspecified atom stereocenters. The molecule has 0 spiro atoms. The molecular weight excluding hydrogens is 263 g/mol. The summed E-state index contributed by atoms with van der Waals surface area (Å²) in [6.07, 6.45) is 2.57. The van der Waals surface area contributed by atoms with Gasteiger partial charge in [-0.25, -0.2) is 4.39 Å². The molecule has 0 radical (unpaired) electrons. The minimum atomic E-state index is -0.109. The zero-order chi connectivity index (χ0) is 15.5. The molecule has 3 heteroatoms. The fourth-order valence-corrected chi connectivity index (χ4v) is 3.69. The molecule has 0 aliphatic carbocycles. The highest BCUT2D eigenvalue weighted by atomic mass is 19.1. The summed E-state index contributed by atoms with van der Waals surface area (Å²) in [4.78, 5) is 2.54. The normalized spacial score (nSPS) is 22.0. The van der Waals surface area contributed by atoms with E-state index in [1.807, 2.05) is 19.2 Å². The highest BCUT2D eigenvalue weighted by Gasteiger charge is 2.29. The molecule has 1 saturated heterocycles. The Balaban J connectivity index is 2.04. The van der Waals surface area contributed by atoms with Crippen LogP contribution in [0.4, 0.5) is 4.39 Å². The van der Waals surface area contributed by atoms with E-state index in [2.05, 4.69) is 31.0 Å². The average Bonchev–Trinajstić information content (AvgIpc) is 2.40. The third kappa shape index (κ3) is 4.27. The van der Waals surface area contributed by atoms with Gasteiger partial charge in [0.25, 0.3) is 0 Å². The van der Waals surface area contributed by atoms with Crippen molar-refractivity contribution in [2.75, 3.05) is 26.7 Å². The van der Waals surface area contributed by atoms with Crippen molar-refractivity contribution in [3.05, 3.63) is 35.6 Å². The van der Waals surface area contributed by atoms with Crippen LogP contribution >= 0.6 is 0 Å². The van der Waals surface area contributed by atoms with E-state index in [4.69, 9.17) is 0 Å². The van der Waals surface area contributed by atoms with Crippen LogP contribution in [0, 0.1) is 17.2 Å². The van der Waals surface area contributed by atoms with Crippen molar-refractivity contribution in [1.29, 1.82) is 0 Å². The summed E-state index contributed by atoms with van der Waals surface area (Å²) >= 11 is 0. The van der Waals surface area contributed by atoms with Gasteiger partial charge in [0.05, 0.1) is 0 Å². The summed E-state index contributed by atoms with van der Waals surface area (Å²) in [7, 11) is 1.92. The molecule has 1 aliphatic heterocycles. The van der Waals surface area contributed by atoms with E-state index in [1.165, 1.54) is 19.4 Å². The predicted molar refractivity (Wildman–Crippen MR) is 86.8 cm³/mol. The molecule has 118 valence electrons. The van der Waals surface area contributed by atoms with Crippen LogP contribution in [0.15, 0.2) is 24.3 Å². The average molecular weight is 292 g/mol. The van der Waals surface area contributed by atoms with Crippen LogP contribution in [0.1, 0.15) is 45.2 Å². The molecular formula is C18H29FN2. The van der Waals surface area contributed by atoms with Gasteiger partial charge < -0.3 is 10.2 Å². The number of hydrogen-bond donors (Lipinski definition) is 1. The van der Waals surface area contributed by atoms with Crippen LogP contribution < -0.4 is 5.32 Å². The summed E-state index contributed by atoms with van der Waals surface area (Å²) in [5.41, 5.74) is 1.19. The van der Waals surface area contributed by atoms with Crippen LogP contribution in [0.3, 0.4) is 0 Å². The van der Waals surface area contributed by atoms with Crippen molar-refractivity contribution in [3.8, 4) is 0 Å². The largest absolute Gasteiger partial charge is 0.313 e. The Morgan fingerprint density at radius 2 is 2.05 bits per heavy atom. The van der Waals surface area contributed by atoms with E-state index in [1.54, 1.807) is 12.1 Å². The Kier molecular flexibility index (Phi) is 5.39. The quantitative estimate of drug-likeness (QED) is 0.887. The topological polar surface area (TPSA) is 15.3 Å².